The zero-order valence-corrected chi connectivity index (χ0v) is 7.47. The van der Waals surface area contributed by atoms with E-state index >= 15 is 0 Å². The molecule has 0 aromatic rings. The van der Waals surface area contributed by atoms with Crippen LogP contribution in [0.1, 0.15) is 39.0 Å². The minimum absolute atomic E-state index is 0.679. The molecule has 11 heavy (non-hydrogen) atoms. The van der Waals surface area contributed by atoms with Crippen LogP contribution in [-0.4, -0.2) is 12.1 Å². The van der Waals surface area contributed by atoms with Gasteiger partial charge >= 0.3 is 0 Å². The highest BCUT2D eigenvalue weighted by Gasteiger charge is 2.18. The van der Waals surface area contributed by atoms with E-state index in [1.54, 1.807) is 0 Å². The molecule has 1 heteroatoms. The molecule has 0 spiro atoms. The molecule has 0 aromatic carbocycles. The summed E-state index contributed by atoms with van der Waals surface area (Å²) >= 11 is 0. The van der Waals surface area contributed by atoms with Gasteiger partial charge in [-0.1, -0.05) is 12.5 Å². The molecular formula is C10H19N. The van der Waals surface area contributed by atoms with Gasteiger partial charge < -0.3 is 5.32 Å². The summed E-state index contributed by atoms with van der Waals surface area (Å²) in [6.07, 6.45) is 8.57. The lowest BCUT2D eigenvalue weighted by molar-refractivity contribution is 0.305. The summed E-state index contributed by atoms with van der Waals surface area (Å²) in [6, 6.07) is 1.51. The van der Waals surface area contributed by atoms with Gasteiger partial charge in [-0.15, -0.1) is 6.58 Å². The van der Waals surface area contributed by atoms with Gasteiger partial charge in [-0.25, -0.2) is 0 Å². The zero-order valence-electron chi connectivity index (χ0n) is 7.47. The lowest BCUT2D eigenvalue weighted by Crippen LogP contribution is -2.40. The molecule has 0 heterocycles. The first kappa shape index (κ1) is 8.79. The second kappa shape index (κ2) is 4.55. The average molecular weight is 153 g/mol. The van der Waals surface area contributed by atoms with E-state index in [1.165, 1.54) is 25.7 Å². The van der Waals surface area contributed by atoms with E-state index < -0.39 is 0 Å². The van der Waals surface area contributed by atoms with Gasteiger partial charge in [0.1, 0.15) is 0 Å². The number of allylic oxidation sites excluding steroid dienone is 1. The zero-order chi connectivity index (χ0) is 8.10. The molecule has 0 aliphatic heterocycles. The predicted molar refractivity (Wildman–Crippen MR) is 49.7 cm³/mol. The van der Waals surface area contributed by atoms with E-state index in [9.17, 15) is 0 Å². The molecule has 1 aliphatic carbocycles. The third-order valence-electron chi connectivity index (χ3n) is 2.43. The maximum absolute atomic E-state index is 3.72. The number of hydrogen-bond acceptors (Lipinski definition) is 1. The van der Waals surface area contributed by atoms with E-state index in [0.29, 0.717) is 6.04 Å². The number of hydrogen-bond donors (Lipinski definition) is 1. The molecule has 1 saturated carbocycles. The molecule has 1 fully saturated rings. The smallest absolute Gasteiger partial charge is 0.00695 e. The minimum Gasteiger partial charge on any atom is -0.311 e. The lowest BCUT2D eigenvalue weighted by Gasteiger charge is -2.29. The highest BCUT2D eigenvalue weighted by molar-refractivity contribution is 4.80. The molecule has 1 aliphatic rings. The second-order valence-corrected chi connectivity index (χ2v) is 3.56. The second-order valence-electron chi connectivity index (χ2n) is 3.56. The van der Waals surface area contributed by atoms with Crippen LogP contribution in [0.25, 0.3) is 0 Å². The molecule has 1 rings (SSSR count). The number of nitrogens with one attached hydrogen (secondary N) is 1. The fraction of sp³-hybridized carbons (Fsp3) is 0.800. The summed E-state index contributed by atoms with van der Waals surface area (Å²) in [6.45, 7) is 5.98. The molecule has 1 unspecified atom stereocenters. The summed E-state index contributed by atoms with van der Waals surface area (Å²) < 4.78 is 0. The first-order valence-corrected chi connectivity index (χ1v) is 4.70. The molecule has 1 nitrogen and oxygen atoms in total. The van der Waals surface area contributed by atoms with Crippen molar-refractivity contribution in [1.29, 1.82) is 0 Å². The Hall–Kier alpha value is -0.300. The van der Waals surface area contributed by atoms with Crippen LogP contribution in [0, 0.1) is 0 Å². The van der Waals surface area contributed by atoms with Crippen LogP contribution in [0.15, 0.2) is 12.7 Å². The molecule has 0 bridgehead atoms. The Bertz CT molecular complexity index is 116. The van der Waals surface area contributed by atoms with E-state index in [-0.39, 0.29) is 0 Å². The summed E-state index contributed by atoms with van der Waals surface area (Å²) in [5.41, 5.74) is 0. The first-order chi connectivity index (χ1) is 5.33. The molecule has 0 saturated heterocycles. The molecule has 0 amide bonds. The molecular weight excluding hydrogens is 134 g/mol. The van der Waals surface area contributed by atoms with Crippen molar-refractivity contribution in [1.82, 2.24) is 5.32 Å². The van der Waals surface area contributed by atoms with Crippen LogP contribution in [0.5, 0.6) is 0 Å². The third kappa shape index (κ3) is 3.06. The normalized spacial score (nSPS) is 20.8. The summed E-state index contributed by atoms with van der Waals surface area (Å²) in [5.74, 6) is 0. The van der Waals surface area contributed by atoms with Crippen LogP contribution in [0.3, 0.4) is 0 Å². The minimum atomic E-state index is 0.679. The maximum atomic E-state index is 3.72. The molecule has 64 valence electrons. The van der Waals surface area contributed by atoms with Crippen molar-refractivity contribution in [2.45, 2.75) is 51.1 Å². The summed E-state index contributed by atoms with van der Waals surface area (Å²) in [5, 5.41) is 3.60. The molecule has 1 N–H and O–H groups in total. The Morgan fingerprint density at radius 1 is 1.64 bits per heavy atom. The van der Waals surface area contributed by atoms with Gasteiger partial charge in [-0.3, -0.25) is 0 Å². The maximum Gasteiger partial charge on any atom is 0.00695 e. The topological polar surface area (TPSA) is 12.0 Å². The first-order valence-electron chi connectivity index (χ1n) is 4.70. The van der Waals surface area contributed by atoms with Gasteiger partial charge in [0.2, 0.25) is 0 Å². The summed E-state index contributed by atoms with van der Waals surface area (Å²) in [7, 11) is 0. The predicted octanol–water partition coefficient (Wildman–Crippen LogP) is 2.48. The largest absolute Gasteiger partial charge is 0.311 e. The van der Waals surface area contributed by atoms with Gasteiger partial charge in [0.05, 0.1) is 0 Å². The fourth-order valence-electron chi connectivity index (χ4n) is 1.43. The average Bonchev–Trinajstić information content (AvgIpc) is 1.93. The van der Waals surface area contributed by atoms with E-state index in [1.807, 2.05) is 6.08 Å². The van der Waals surface area contributed by atoms with Crippen molar-refractivity contribution >= 4 is 0 Å². The van der Waals surface area contributed by atoms with Crippen LogP contribution in [0.4, 0.5) is 0 Å². The standard InChI is InChI=1S/C10H19N/c1-3-4-6-9(2)11-10-7-5-8-10/h3,9-11H,1,4-8H2,2H3. The van der Waals surface area contributed by atoms with Gasteiger partial charge in [0.25, 0.3) is 0 Å². The Labute approximate surface area is 69.9 Å². The highest BCUT2D eigenvalue weighted by atomic mass is 15.0. The van der Waals surface area contributed by atoms with Gasteiger partial charge in [-0.2, -0.15) is 0 Å². The van der Waals surface area contributed by atoms with E-state index in [2.05, 4.69) is 18.8 Å². The van der Waals surface area contributed by atoms with Crippen molar-refractivity contribution in [3.8, 4) is 0 Å². The monoisotopic (exact) mass is 153 g/mol. The van der Waals surface area contributed by atoms with Crippen molar-refractivity contribution in [2.24, 2.45) is 0 Å². The van der Waals surface area contributed by atoms with Gasteiger partial charge in [0, 0.05) is 12.1 Å². The Kier molecular flexibility index (Phi) is 3.64. The Morgan fingerprint density at radius 2 is 2.36 bits per heavy atom. The van der Waals surface area contributed by atoms with Crippen LogP contribution < -0.4 is 5.32 Å². The number of rotatable bonds is 5. The Balaban J connectivity index is 1.99. The van der Waals surface area contributed by atoms with Crippen molar-refractivity contribution in [3.05, 3.63) is 12.7 Å². The van der Waals surface area contributed by atoms with Crippen LogP contribution in [-0.2, 0) is 0 Å². The van der Waals surface area contributed by atoms with E-state index in [4.69, 9.17) is 0 Å². The van der Waals surface area contributed by atoms with Gasteiger partial charge in [-0.05, 0) is 32.6 Å². The van der Waals surface area contributed by atoms with Crippen molar-refractivity contribution in [3.63, 3.8) is 0 Å². The van der Waals surface area contributed by atoms with Crippen LogP contribution >= 0.6 is 0 Å². The molecule has 1 atom stereocenters. The molecule has 0 aromatic heterocycles. The van der Waals surface area contributed by atoms with Crippen molar-refractivity contribution < 1.29 is 0 Å². The highest BCUT2D eigenvalue weighted by Crippen LogP contribution is 2.19. The Morgan fingerprint density at radius 3 is 2.82 bits per heavy atom. The van der Waals surface area contributed by atoms with Crippen LogP contribution in [0.2, 0.25) is 0 Å². The van der Waals surface area contributed by atoms with E-state index in [0.717, 1.165) is 12.5 Å². The summed E-state index contributed by atoms with van der Waals surface area (Å²) in [4.78, 5) is 0. The molecule has 0 radical (unpaired) electrons. The quantitative estimate of drug-likeness (QED) is 0.598. The fourth-order valence-corrected chi connectivity index (χ4v) is 1.43. The SMILES string of the molecule is C=CCCC(C)NC1CCC1. The van der Waals surface area contributed by atoms with Crippen molar-refractivity contribution in [2.75, 3.05) is 0 Å². The lowest BCUT2D eigenvalue weighted by atomic mass is 9.92. The third-order valence-corrected chi connectivity index (χ3v) is 2.43. The van der Waals surface area contributed by atoms with Gasteiger partial charge in [0.15, 0.2) is 0 Å².